The minimum atomic E-state index is -0.272. The van der Waals surface area contributed by atoms with Crippen molar-refractivity contribution in [2.45, 2.75) is 46.2 Å². The quantitative estimate of drug-likeness (QED) is 0.922. The Morgan fingerprint density at radius 1 is 1.14 bits per heavy atom. The van der Waals surface area contributed by atoms with Crippen molar-refractivity contribution in [2.75, 3.05) is 6.54 Å². The number of carbonyl (C=O) groups is 2. The Bertz CT molecular complexity index is 582. The summed E-state index contributed by atoms with van der Waals surface area (Å²) in [5.41, 5.74) is 4.80. The molecule has 0 spiro atoms. The lowest BCUT2D eigenvalue weighted by Gasteiger charge is -2.36. The van der Waals surface area contributed by atoms with Crippen LogP contribution < -0.4 is 5.32 Å². The van der Waals surface area contributed by atoms with Crippen LogP contribution in [0.15, 0.2) is 12.1 Å². The van der Waals surface area contributed by atoms with Crippen molar-refractivity contribution in [1.29, 1.82) is 0 Å². The summed E-state index contributed by atoms with van der Waals surface area (Å²) in [5.74, 6) is 0.394. The van der Waals surface area contributed by atoms with Gasteiger partial charge in [0, 0.05) is 6.54 Å². The molecular weight excluding hydrogens is 264 g/mol. The third-order valence-electron chi connectivity index (χ3n) is 4.58. The molecule has 1 aromatic rings. The summed E-state index contributed by atoms with van der Waals surface area (Å²) in [7, 11) is 0. The predicted molar refractivity (Wildman–Crippen MR) is 80.7 cm³/mol. The van der Waals surface area contributed by atoms with Crippen molar-refractivity contribution in [1.82, 2.24) is 10.2 Å². The van der Waals surface area contributed by atoms with E-state index in [0.717, 1.165) is 12.8 Å². The first-order chi connectivity index (χ1) is 9.97. The predicted octanol–water partition coefficient (Wildman–Crippen LogP) is 1.85. The Labute approximate surface area is 125 Å². The smallest absolute Gasteiger partial charge is 0.243 e. The molecule has 0 radical (unpaired) electrons. The monoisotopic (exact) mass is 286 g/mol. The molecular formula is C17H22N2O2. The van der Waals surface area contributed by atoms with E-state index in [4.69, 9.17) is 0 Å². The van der Waals surface area contributed by atoms with Crippen LogP contribution in [-0.2, 0) is 16.1 Å². The number of carbonyl (C=O) groups excluding carboxylic acids is 2. The third-order valence-corrected chi connectivity index (χ3v) is 4.58. The molecule has 21 heavy (non-hydrogen) atoms. The summed E-state index contributed by atoms with van der Waals surface area (Å²) >= 11 is 0. The van der Waals surface area contributed by atoms with E-state index in [2.05, 4.69) is 38.2 Å². The normalized spacial score (nSPS) is 22.4. The number of hydrogen-bond acceptors (Lipinski definition) is 2. The first-order valence-electron chi connectivity index (χ1n) is 7.61. The summed E-state index contributed by atoms with van der Waals surface area (Å²) in [6.45, 7) is 6.92. The Hall–Kier alpha value is -1.84. The molecule has 1 aliphatic carbocycles. The van der Waals surface area contributed by atoms with Crippen LogP contribution in [0.3, 0.4) is 0 Å². The molecule has 1 heterocycles. The highest BCUT2D eigenvalue weighted by Crippen LogP contribution is 2.37. The van der Waals surface area contributed by atoms with E-state index in [1.165, 1.54) is 22.3 Å². The second-order valence-electron chi connectivity index (χ2n) is 6.40. The van der Waals surface area contributed by atoms with Gasteiger partial charge in [-0.3, -0.25) is 9.59 Å². The number of rotatable bonds is 3. The van der Waals surface area contributed by atoms with Gasteiger partial charge in [0.2, 0.25) is 11.8 Å². The molecule has 2 aliphatic rings. The van der Waals surface area contributed by atoms with Crippen LogP contribution in [-0.4, -0.2) is 29.3 Å². The van der Waals surface area contributed by atoms with Crippen LogP contribution in [0.2, 0.25) is 0 Å². The fourth-order valence-corrected chi connectivity index (χ4v) is 3.36. The van der Waals surface area contributed by atoms with E-state index < -0.39 is 0 Å². The number of nitrogens with zero attached hydrogens (tertiary/aromatic N) is 1. The summed E-state index contributed by atoms with van der Waals surface area (Å²) in [5, 5.41) is 2.73. The van der Waals surface area contributed by atoms with Gasteiger partial charge in [-0.2, -0.15) is 0 Å². The Morgan fingerprint density at radius 2 is 1.76 bits per heavy atom. The maximum Gasteiger partial charge on any atom is 0.243 e. The first-order valence-corrected chi connectivity index (χ1v) is 7.61. The molecule has 1 saturated heterocycles. The Balaban J connectivity index is 1.91. The summed E-state index contributed by atoms with van der Waals surface area (Å²) in [6.07, 6.45) is 2.10. The molecule has 2 amide bonds. The lowest BCUT2D eigenvalue weighted by molar-refractivity contribution is -0.147. The van der Waals surface area contributed by atoms with Gasteiger partial charge in [-0.1, -0.05) is 17.7 Å². The van der Waals surface area contributed by atoms with Crippen LogP contribution in [0.25, 0.3) is 0 Å². The van der Waals surface area contributed by atoms with Crippen LogP contribution in [0.5, 0.6) is 0 Å². The van der Waals surface area contributed by atoms with E-state index in [1.54, 1.807) is 4.90 Å². The van der Waals surface area contributed by atoms with Crippen LogP contribution in [0.1, 0.15) is 35.1 Å². The number of piperazine rings is 1. The molecule has 0 bridgehead atoms. The second-order valence-corrected chi connectivity index (χ2v) is 6.40. The fraction of sp³-hybridized carbons (Fsp3) is 0.529. The van der Waals surface area contributed by atoms with Crippen molar-refractivity contribution in [3.63, 3.8) is 0 Å². The molecule has 4 heteroatoms. The zero-order valence-corrected chi connectivity index (χ0v) is 12.9. The first kappa shape index (κ1) is 14.1. The van der Waals surface area contributed by atoms with Gasteiger partial charge in [0.15, 0.2) is 0 Å². The summed E-state index contributed by atoms with van der Waals surface area (Å²) in [4.78, 5) is 26.2. The number of nitrogens with one attached hydrogen (secondary N) is 1. The van der Waals surface area contributed by atoms with Crippen LogP contribution >= 0.6 is 0 Å². The number of aryl methyl sites for hydroxylation is 3. The van der Waals surface area contributed by atoms with Crippen LogP contribution in [0.4, 0.5) is 0 Å². The maximum absolute atomic E-state index is 12.3. The van der Waals surface area contributed by atoms with Crippen molar-refractivity contribution in [3.8, 4) is 0 Å². The van der Waals surface area contributed by atoms with E-state index in [-0.39, 0.29) is 24.4 Å². The standard InChI is InChI=1S/C17H22N2O2/c1-10-6-11(2)14(12(3)7-10)9-19-15(20)8-18-17(21)16(19)13-4-5-13/h6-7,13,16H,4-5,8-9H2,1-3H3,(H,18,21). The maximum atomic E-state index is 12.3. The van der Waals surface area contributed by atoms with Gasteiger partial charge in [0.25, 0.3) is 0 Å². The van der Waals surface area contributed by atoms with Gasteiger partial charge in [-0.25, -0.2) is 0 Å². The summed E-state index contributed by atoms with van der Waals surface area (Å²) < 4.78 is 0. The van der Waals surface area contributed by atoms with E-state index in [1.807, 2.05) is 0 Å². The van der Waals surface area contributed by atoms with Gasteiger partial charge in [0.1, 0.15) is 6.04 Å². The molecule has 1 aliphatic heterocycles. The molecule has 1 saturated carbocycles. The lowest BCUT2D eigenvalue weighted by Crippen LogP contribution is -2.58. The minimum Gasteiger partial charge on any atom is -0.345 e. The highest BCUT2D eigenvalue weighted by Gasteiger charge is 2.44. The molecule has 1 atom stereocenters. The molecule has 3 rings (SSSR count). The number of benzene rings is 1. The lowest BCUT2D eigenvalue weighted by atomic mass is 9.97. The highest BCUT2D eigenvalue weighted by atomic mass is 16.2. The van der Waals surface area contributed by atoms with Crippen molar-refractivity contribution in [2.24, 2.45) is 5.92 Å². The molecule has 1 unspecified atom stereocenters. The van der Waals surface area contributed by atoms with Crippen molar-refractivity contribution >= 4 is 11.8 Å². The molecule has 112 valence electrons. The Kier molecular flexibility index (Phi) is 3.47. The zero-order valence-electron chi connectivity index (χ0n) is 12.9. The topological polar surface area (TPSA) is 49.4 Å². The van der Waals surface area contributed by atoms with E-state index in [9.17, 15) is 9.59 Å². The summed E-state index contributed by atoms with van der Waals surface area (Å²) in [6, 6.07) is 4.01. The van der Waals surface area contributed by atoms with E-state index in [0.29, 0.717) is 12.5 Å². The zero-order chi connectivity index (χ0) is 15.1. The largest absolute Gasteiger partial charge is 0.345 e. The Morgan fingerprint density at radius 3 is 2.33 bits per heavy atom. The van der Waals surface area contributed by atoms with Gasteiger partial charge in [-0.05, 0) is 56.2 Å². The average molecular weight is 286 g/mol. The molecule has 1 aromatic carbocycles. The average Bonchev–Trinajstić information content (AvgIpc) is 3.21. The van der Waals surface area contributed by atoms with Crippen molar-refractivity contribution in [3.05, 3.63) is 34.4 Å². The van der Waals surface area contributed by atoms with Gasteiger partial charge >= 0.3 is 0 Å². The number of amides is 2. The molecule has 4 nitrogen and oxygen atoms in total. The van der Waals surface area contributed by atoms with Crippen molar-refractivity contribution < 1.29 is 9.59 Å². The number of hydrogen-bond donors (Lipinski definition) is 1. The third kappa shape index (κ3) is 2.67. The fourth-order valence-electron chi connectivity index (χ4n) is 3.36. The van der Waals surface area contributed by atoms with E-state index >= 15 is 0 Å². The second kappa shape index (κ2) is 5.17. The highest BCUT2D eigenvalue weighted by molar-refractivity contribution is 5.95. The van der Waals surface area contributed by atoms with Gasteiger partial charge in [0.05, 0.1) is 6.54 Å². The minimum absolute atomic E-state index is 0.0134. The molecule has 0 aromatic heterocycles. The molecule has 1 N–H and O–H groups in total. The molecule has 2 fully saturated rings. The SMILES string of the molecule is Cc1cc(C)c(CN2C(=O)CNC(=O)C2C2CC2)c(C)c1. The van der Waals surface area contributed by atoms with Gasteiger partial charge < -0.3 is 10.2 Å². The van der Waals surface area contributed by atoms with Gasteiger partial charge in [-0.15, -0.1) is 0 Å². The van der Waals surface area contributed by atoms with Crippen LogP contribution in [0, 0.1) is 26.7 Å².